The summed E-state index contributed by atoms with van der Waals surface area (Å²) in [4.78, 5) is 14.1. The summed E-state index contributed by atoms with van der Waals surface area (Å²) in [7, 11) is 2.02. The molecule has 1 fully saturated rings. The van der Waals surface area contributed by atoms with Gasteiger partial charge in [0.25, 0.3) is 0 Å². The molecule has 0 aromatic heterocycles. The van der Waals surface area contributed by atoms with Gasteiger partial charge in [-0.05, 0) is 14.0 Å². The first-order chi connectivity index (χ1) is 5.11. The topological polar surface area (TPSA) is 43.8 Å². The molecule has 1 atom stereocenters. The summed E-state index contributed by atoms with van der Waals surface area (Å²) in [6.45, 7) is 4.14. The van der Waals surface area contributed by atoms with Gasteiger partial charge in [0.2, 0.25) is 0 Å². The molecule has 0 spiro atoms. The number of amides is 1. The predicted molar refractivity (Wildman–Crippen MR) is 41.7 cm³/mol. The highest BCUT2D eigenvalue weighted by Gasteiger charge is 2.23. The number of carboxylic acid groups (broad SMARTS) is 1. The van der Waals surface area contributed by atoms with E-state index in [1.807, 2.05) is 14.0 Å². The fourth-order valence-electron chi connectivity index (χ4n) is 1.22. The van der Waals surface area contributed by atoms with Crippen molar-refractivity contribution in [3.63, 3.8) is 0 Å². The number of carbonyl (C=O) groups is 1. The largest absolute Gasteiger partial charge is 0.465 e. The van der Waals surface area contributed by atoms with Gasteiger partial charge in [0, 0.05) is 25.7 Å². The zero-order chi connectivity index (χ0) is 8.43. The van der Waals surface area contributed by atoms with Gasteiger partial charge in [0.1, 0.15) is 0 Å². The molecule has 0 aliphatic carbocycles. The Balaban J connectivity index is 2.46. The molecule has 1 saturated heterocycles. The van der Waals surface area contributed by atoms with Crippen molar-refractivity contribution >= 4 is 6.09 Å². The van der Waals surface area contributed by atoms with Crippen LogP contribution in [0.5, 0.6) is 0 Å². The highest BCUT2D eigenvalue weighted by atomic mass is 16.4. The lowest BCUT2D eigenvalue weighted by Crippen LogP contribution is -2.51. The maximum absolute atomic E-state index is 10.5. The lowest BCUT2D eigenvalue weighted by molar-refractivity contribution is 0.0893. The van der Waals surface area contributed by atoms with Crippen LogP contribution in [0.1, 0.15) is 6.92 Å². The molecule has 0 saturated carbocycles. The van der Waals surface area contributed by atoms with E-state index in [0.29, 0.717) is 19.1 Å². The van der Waals surface area contributed by atoms with Crippen LogP contribution < -0.4 is 0 Å². The van der Waals surface area contributed by atoms with Crippen molar-refractivity contribution in [3.8, 4) is 0 Å². The van der Waals surface area contributed by atoms with Crippen LogP contribution in [0.25, 0.3) is 0 Å². The Morgan fingerprint density at radius 2 is 2.18 bits per heavy atom. The van der Waals surface area contributed by atoms with Gasteiger partial charge >= 0.3 is 6.09 Å². The van der Waals surface area contributed by atoms with E-state index in [9.17, 15) is 4.79 Å². The first-order valence-corrected chi connectivity index (χ1v) is 3.79. The van der Waals surface area contributed by atoms with Crippen molar-refractivity contribution in [1.29, 1.82) is 0 Å². The minimum atomic E-state index is -0.801. The van der Waals surface area contributed by atoms with Gasteiger partial charge in [-0.25, -0.2) is 4.79 Å². The fraction of sp³-hybridized carbons (Fsp3) is 0.857. The normalized spacial score (nSPS) is 27.1. The van der Waals surface area contributed by atoms with Crippen LogP contribution in [-0.2, 0) is 0 Å². The highest BCUT2D eigenvalue weighted by molar-refractivity contribution is 5.65. The van der Waals surface area contributed by atoms with Gasteiger partial charge < -0.3 is 14.9 Å². The van der Waals surface area contributed by atoms with Gasteiger partial charge in [0.15, 0.2) is 0 Å². The average molecular weight is 158 g/mol. The quantitative estimate of drug-likeness (QED) is 0.551. The monoisotopic (exact) mass is 158 g/mol. The second-order valence-electron chi connectivity index (χ2n) is 3.06. The molecule has 4 heteroatoms. The van der Waals surface area contributed by atoms with E-state index in [1.54, 1.807) is 0 Å². The summed E-state index contributed by atoms with van der Waals surface area (Å²) in [5.41, 5.74) is 0. The summed E-state index contributed by atoms with van der Waals surface area (Å²) in [5.74, 6) is 0. The SMILES string of the molecule is CC1CN(C(=O)O)CCN1C. The molecule has 0 radical (unpaired) electrons. The lowest BCUT2D eigenvalue weighted by atomic mass is 10.2. The molecule has 64 valence electrons. The molecule has 1 heterocycles. The summed E-state index contributed by atoms with van der Waals surface area (Å²) in [5, 5.41) is 8.65. The van der Waals surface area contributed by atoms with Gasteiger partial charge in [0.05, 0.1) is 0 Å². The lowest BCUT2D eigenvalue weighted by Gasteiger charge is -2.35. The molecule has 1 N–H and O–H groups in total. The van der Waals surface area contributed by atoms with Crippen LogP contribution >= 0.6 is 0 Å². The van der Waals surface area contributed by atoms with Crippen LogP contribution in [0.3, 0.4) is 0 Å². The number of likely N-dealkylation sites (N-methyl/N-ethyl adjacent to an activating group) is 1. The Hall–Kier alpha value is -0.770. The van der Waals surface area contributed by atoms with Gasteiger partial charge in [-0.15, -0.1) is 0 Å². The zero-order valence-electron chi connectivity index (χ0n) is 6.95. The Bertz CT molecular complexity index is 161. The molecule has 1 aliphatic heterocycles. The zero-order valence-corrected chi connectivity index (χ0v) is 6.95. The molecule has 1 unspecified atom stereocenters. The van der Waals surface area contributed by atoms with Crippen LogP contribution in [0, 0.1) is 0 Å². The van der Waals surface area contributed by atoms with E-state index in [0.717, 1.165) is 6.54 Å². The third-order valence-corrected chi connectivity index (χ3v) is 2.23. The molecular formula is C7H14N2O2. The van der Waals surface area contributed by atoms with Gasteiger partial charge in [-0.3, -0.25) is 0 Å². The van der Waals surface area contributed by atoms with Gasteiger partial charge in [-0.2, -0.15) is 0 Å². The Morgan fingerprint density at radius 1 is 1.55 bits per heavy atom. The second kappa shape index (κ2) is 3.09. The number of nitrogens with zero attached hydrogens (tertiary/aromatic N) is 2. The smallest absolute Gasteiger partial charge is 0.407 e. The van der Waals surface area contributed by atoms with E-state index < -0.39 is 6.09 Å². The molecular weight excluding hydrogens is 144 g/mol. The maximum atomic E-state index is 10.5. The number of hydrogen-bond donors (Lipinski definition) is 1. The first-order valence-electron chi connectivity index (χ1n) is 3.79. The average Bonchev–Trinajstić information content (AvgIpc) is 1.94. The molecule has 1 rings (SSSR count). The molecule has 11 heavy (non-hydrogen) atoms. The Labute approximate surface area is 66.4 Å². The number of piperazine rings is 1. The van der Waals surface area contributed by atoms with Crippen LogP contribution in [0.15, 0.2) is 0 Å². The van der Waals surface area contributed by atoms with Crippen molar-refractivity contribution in [2.75, 3.05) is 26.7 Å². The van der Waals surface area contributed by atoms with Crippen LogP contribution in [0.4, 0.5) is 4.79 Å². The van der Waals surface area contributed by atoms with E-state index in [-0.39, 0.29) is 0 Å². The second-order valence-corrected chi connectivity index (χ2v) is 3.06. The third kappa shape index (κ3) is 1.83. The van der Waals surface area contributed by atoms with Crippen molar-refractivity contribution in [2.24, 2.45) is 0 Å². The molecule has 0 aromatic carbocycles. The number of hydrogen-bond acceptors (Lipinski definition) is 2. The number of rotatable bonds is 0. The third-order valence-electron chi connectivity index (χ3n) is 2.23. The van der Waals surface area contributed by atoms with Gasteiger partial charge in [-0.1, -0.05) is 0 Å². The van der Waals surface area contributed by atoms with Crippen molar-refractivity contribution in [2.45, 2.75) is 13.0 Å². The van der Waals surface area contributed by atoms with Crippen molar-refractivity contribution in [3.05, 3.63) is 0 Å². The molecule has 1 amide bonds. The summed E-state index contributed by atoms with van der Waals surface area (Å²) in [6.07, 6.45) is -0.801. The van der Waals surface area contributed by atoms with Crippen LogP contribution in [0.2, 0.25) is 0 Å². The fourth-order valence-corrected chi connectivity index (χ4v) is 1.22. The maximum Gasteiger partial charge on any atom is 0.407 e. The summed E-state index contributed by atoms with van der Waals surface area (Å²) >= 11 is 0. The predicted octanol–water partition coefficient (Wildman–Crippen LogP) is 0.300. The minimum Gasteiger partial charge on any atom is -0.465 e. The summed E-state index contributed by atoms with van der Waals surface area (Å²) < 4.78 is 0. The van der Waals surface area contributed by atoms with E-state index >= 15 is 0 Å². The van der Waals surface area contributed by atoms with E-state index in [1.165, 1.54) is 4.90 Å². The molecule has 4 nitrogen and oxygen atoms in total. The van der Waals surface area contributed by atoms with E-state index in [2.05, 4.69) is 4.90 Å². The minimum absolute atomic E-state index is 0.347. The Kier molecular flexibility index (Phi) is 2.34. The molecule has 0 bridgehead atoms. The first kappa shape index (κ1) is 8.33. The standard InChI is InChI=1S/C7H14N2O2/c1-6-5-9(7(10)11)4-3-8(6)2/h6H,3-5H2,1-2H3,(H,10,11). The van der Waals surface area contributed by atoms with Crippen molar-refractivity contribution in [1.82, 2.24) is 9.80 Å². The van der Waals surface area contributed by atoms with Crippen LogP contribution in [-0.4, -0.2) is 53.7 Å². The summed E-state index contributed by atoms with van der Waals surface area (Å²) in [6, 6.07) is 0.347. The molecule has 0 aromatic rings. The highest BCUT2D eigenvalue weighted by Crippen LogP contribution is 2.06. The van der Waals surface area contributed by atoms with Crippen molar-refractivity contribution < 1.29 is 9.90 Å². The Morgan fingerprint density at radius 3 is 2.64 bits per heavy atom. The molecule has 1 aliphatic rings. The van der Waals surface area contributed by atoms with E-state index in [4.69, 9.17) is 5.11 Å².